The third-order valence-electron chi connectivity index (χ3n) is 3.63. The smallest absolute Gasteiger partial charge is 0.374 e. The van der Waals surface area contributed by atoms with Gasteiger partial charge in [-0.25, -0.2) is 4.79 Å². The normalized spacial score (nSPS) is 16.9. The number of hydrogen-bond acceptors (Lipinski definition) is 4. The summed E-state index contributed by atoms with van der Waals surface area (Å²) in [6.07, 6.45) is 6.66. The van der Waals surface area contributed by atoms with Crippen LogP contribution in [0.5, 0.6) is 0 Å². The van der Waals surface area contributed by atoms with E-state index in [9.17, 15) is 9.59 Å². The molecule has 104 valence electrons. The topological polar surface area (TPSA) is 83.6 Å². The van der Waals surface area contributed by atoms with E-state index in [4.69, 9.17) is 5.11 Å². The highest BCUT2D eigenvalue weighted by molar-refractivity contribution is 5.94. The molecule has 0 spiro atoms. The van der Waals surface area contributed by atoms with Gasteiger partial charge in [0.15, 0.2) is 5.69 Å². The number of aromatic carboxylic acids is 1. The molecule has 1 N–H and O–H groups in total. The second kappa shape index (κ2) is 5.86. The van der Waals surface area contributed by atoms with Crippen LogP contribution in [0.15, 0.2) is 10.6 Å². The Hall–Kier alpha value is -1.85. The molecule has 0 aliphatic heterocycles. The van der Waals surface area contributed by atoms with Gasteiger partial charge in [0.1, 0.15) is 0 Å². The first-order chi connectivity index (χ1) is 9.09. The van der Waals surface area contributed by atoms with E-state index in [0.29, 0.717) is 0 Å². The predicted molar refractivity (Wildman–Crippen MR) is 67.0 cm³/mol. The molecule has 1 aromatic heterocycles. The maximum absolute atomic E-state index is 12.2. The number of nitrogens with zero attached hydrogens (tertiary/aromatic N) is 2. The molecule has 6 heteroatoms. The summed E-state index contributed by atoms with van der Waals surface area (Å²) in [5, 5.41) is 12.3. The molecule has 0 atom stereocenters. The zero-order valence-corrected chi connectivity index (χ0v) is 11.0. The largest absolute Gasteiger partial charge is 0.475 e. The Bertz CT molecular complexity index is 461. The first-order valence-corrected chi connectivity index (χ1v) is 6.57. The number of rotatable bonds is 3. The van der Waals surface area contributed by atoms with Crippen molar-refractivity contribution in [3.05, 3.63) is 17.5 Å². The third-order valence-corrected chi connectivity index (χ3v) is 3.63. The van der Waals surface area contributed by atoms with Crippen LogP contribution in [-0.4, -0.2) is 40.1 Å². The lowest BCUT2D eigenvalue weighted by molar-refractivity contribution is 0.0646. The summed E-state index contributed by atoms with van der Waals surface area (Å²) >= 11 is 0. The van der Waals surface area contributed by atoms with Gasteiger partial charge in [-0.3, -0.25) is 4.79 Å². The molecule has 6 nitrogen and oxygen atoms in total. The Morgan fingerprint density at radius 1 is 1.32 bits per heavy atom. The van der Waals surface area contributed by atoms with Gasteiger partial charge in [-0.2, -0.15) is 0 Å². The molecule has 1 aromatic rings. The van der Waals surface area contributed by atoms with Crippen molar-refractivity contribution < 1.29 is 19.2 Å². The van der Waals surface area contributed by atoms with Crippen LogP contribution in [0.2, 0.25) is 0 Å². The van der Waals surface area contributed by atoms with Gasteiger partial charge < -0.3 is 14.5 Å². The minimum atomic E-state index is -1.22. The second-order valence-electron chi connectivity index (χ2n) is 4.94. The molecule has 0 saturated heterocycles. The first kappa shape index (κ1) is 13.6. The molecular formula is C13H18N2O4. The quantitative estimate of drug-likeness (QED) is 0.847. The van der Waals surface area contributed by atoms with Crippen molar-refractivity contribution in [3.8, 4) is 0 Å². The van der Waals surface area contributed by atoms with Crippen molar-refractivity contribution in [3.63, 3.8) is 0 Å². The van der Waals surface area contributed by atoms with Crippen molar-refractivity contribution in [1.82, 2.24) is 10.1 Å². The van der Waals surface area contributed by atoms with E-state index in [1.165, 1.54) is 18.9 Å². The molecule has 1 amide bonds. The lowest BCUT2D eigenvalue weighted by Crippen LogP contribution is -2.36. The third kappa shape index (κ3) is 3.13. The molecule has 1 aliphatic rings. The Morgan fingerprint density at radius 3 is 2.47 bits per heavy atom. The standard InChI is InChI=1S/C13H18N2O4/c1-15(9-6-4-2-3-5-7-9)12(16)10-8-11(13(17)18)19-14-10/h8-9H,2-7H2,1H3,(H,17,18). The molecule has 19 heavy (non-hydrogen) atoms. The van der Waals surface area contributed by atoms with Crippen molar-refractivity contribution >= 4 is 11.9 Å². The van der Waals surface area contributed by atoms with E-state index in [2.05, 4.69) is 9.68 Å². The van der Waals surface area contributed by atoms with Gasteiger partial charge in [-0.15, -0.1) is 0 Å². The summed E-state index contributed by atoms with van der Waals surface area (Å²) < 4.78 is 4.61. The van der Waals surface area contributed by atoms with Crippen LogP contribution >= 0.6 is 0 Å². The predicted octanol–water partition coefficient (Wildman–Crippen LogP) is 2.17. The maximum Gasteiger partial charge on any atom is 0.374 e. The molecule has 2 rings (SSSR count). The van der Waals surface area contributed by atoms with Gasteiger partial charge in [0, 0.05) is 19.2 Å². The highest BCUT2D eigenvalue weighted by atomic mass is 16.5. The Morgan fingerprint density at radius 2 is 1.95 bits per heavy atom. The average Bonchev–Trinajstić information content (AvgIpc) is 2.73. The summed E-state index contributed by atoms with van der Waals surface area (Å²) in [5.74, 6) is -1.80. The molecule has 0 unspecified atom stereocenters. The molecule has 0 aromatic carbocycles. The fraction of sp³-hybridized carbons (Fsp3) is 0.615. The highest BCUT2D eigenvalue weighted by Crippen LogP contribution is 2.22. The Balaban J connectivity index is 2.06. The van der Waals surface area contributed by atoms with Gasteiger partial charge in [-0.1, -0.05) is 30.8 Å². The summed E-state index contributed by atoms with van der Waals surface area (Å²) in [6, 6.07) is 1.39. The van der Waals surface area contributed by atoms with Crippen molar-refractivity contribution in [2.75, 3.05) is 7.05 Å². The van der Waals surface area contributed by atoms with Crippen LogP contribution < -0.4 is 0 Å². The fourth-order valence-electron chi connectivity index (χ4n) is 2.47. The molecule has 1 aliphatic carbocycles. The van der Waals surface area contributed by atoms with Gasteiger partial charge >= 0.3 is 5.97 Å². The molecule has 1 fully saturated rings. The average molecular weight is 266 g/mol. The van der Waals surface area contributed by atoms with Crippen LogP contribution in [0, 0.1) is 0 Å². The van der Waals surface area contributed by atoms with Crippen LogP contribution in [0.25, 0.3) is 0 Å². The van der Waals surface area contributed by atoms with E-state index in [0.717, 1.165) is 25.7 Å². The van der Waals surface area contributed by atoms with Crippen molar-refractivity contribution in [1.29, 1.82) is 0 Å². The number of carboxylic acids is 1. The van der Waals surface area contributed by atoms with Crippen LogP contribution in [0.4, 0.5) is 0 Å². The van der Waals surface area contributed by atoms with E-state index in [1.54, 1.807) is 11.9 Å². The Labute approximate surface area is 111 Å². The molecule has 1 heterocycles. The van der Waals surface area contributed by atoms with Gasteiger partial charge in [0.05, 0.1) is 0 Å². The van der Waals surface area contributed by atoms with E-state index in [1.807, 2.05) is 0 Å². The van der Waals surface area contributed by atoms with Crippen LogP contribution in [0.1, 0.15) is 59.6 Å². The van der Waals surface area contributed by atoms with Crippen LogP contribution in [-0.2, 0) is 0 Å². The number of hydrogen-bond donors (Lipinski definition) is 1. The summed E-state index contributed by atoms with van der Waals surface area (Å²) in [6.45, 7) is 0. The van der Waals surface area contributed by atoms with Crippen molar-refractivity contribution in [2.24, 2.45) is 0 Å². The molecular weight excluding hydrogens is 248 g/mol. The Kier molecular flexibility index (Phi) is 4.19. The van der Waals surface area contributed by atoms with Gasteiger partial charge in [0.2, 0.25) is 5.76 Å². The van der Waals surface area contributed by atoms with Gasteiger partial charge in [-0.05, 0) is 12.8 Å². The van der Waals surface area contributed by atoms with Crippen molar-refractivity contribution in [2.45, 2.75) is 44.6 Å². The van der Waals surface area contributed by atoms with E-state index in [-0.39, 0.29) is 23.4 Å². The lowest BCUT2D eigenvalue weighted by atomic mass is 10.1. The van der Waals surface area contributed by atoms with E-state index < -0.39 is 5.97 Å². The zero-order valence-electron chi connectivity index (χ0n) is 11.0. The first-order valence-electron chi connectivity index (χ1n) is 6.57. The number of carboxylic acid groups (broad SMARTS) is 1. The summed E-state index contributed by atoms with van der Waals surface area (Å²) in [5.41, 5.74) is 0.0594. The molecule has 0 radical (unpaired) electrons. The molecule has 1 saturated carbocycles. The lowest BCUT2D eigenvalue weighted by Gasteiger charge is -2.26. The highest BCUT2D eigenvalue weighted by Gasteiger charge is 2.25. The summed E-state index contributed by atoms with van der Waals surface area (Å²) in [4.78, 5) is 24.6. The number of carbonyl (C=O) groups excluding carboxylic acids is 1. The zero-order chi connectivity index (χ0) is 13.8. The van der Waals surface area contributed by atoms with Crippen LogP contribution in [0.3, 0.4) is 0 Å². The number of amides is 1. The maximum atomic E-state index is 12.2. The van der Waals surface area contributed by atoms with Gasteiger partial charge in [0.25, 0.3) is 5.91 Å². The minimum Gasteiger partial charge on any atom is -0.475 e. The fourth-order valence-corrected chi connectivity index (χ4v) is 2.47. The monoisotopic (exact) mass is 266 g/mol. The summed E-state index contributed by atoms with van der Waals surface area (Å²) in [7, 11) is 1.74. The SMILES string of the molecule is CN(C(=O)c1cc(C(=O)O)on1)C1CCCCCC1. The van der Waals surface area contributed by atoms with E-state index >= 15 is 0 Å². The number of carbonyl (C=O) groups is 2. The second-order valence-corrected chi connectivity index (χ2v) is 4.94. The number of aromatic nitrogens is 1. The minimum absolute atomic E-state index is 0.0594. The molecule has 0 bridgehead atoms.